The number of hydrogen-bond acceptors (Lipinski definition) is 3. The molecule has 3 nitrogen and oxygen atoms in total. The number of likely N-dealkylation sites (tertiary alicyclic amines) is 1. The van der Waals surface area contributed by atoms with Crippen LogP contribution in [0.15, 0.2) is 11.4 Å². The number of carbonyl (C=O) groups is 1. The molecule has 1 aliphatic carbocycles. The Kier molecular flexibility index (Phi) is 4.15. The van der Waals surface area contributed by atoms with Gasteiger partial charge in [0.25, 0.3) is 0 Å². The first-order valence-electron chi connectivity index (χ1n) is 6.40. The van der Waals surface area contributed by atoms with Crippen LogP contribution in [0.1, 0.15) is 38.5 Å². The van der Waals surface area contributed by atoms with Crippen LogP contribution in [-0.2, 0) is 9.53 Å². The molecule has 96 valence electrons. The first-order valence-corrected chi connectivity index (χ1v) is 6.40. The van der Waals surface area contributed by atoms with Crippen LogP contribution in [0.2, 0.25) is 0 Å². The number of nitrogens with zero attached hydrogens (tertiary/aromatic N) is 1. The van der Waals surface area contributed by atoms with Crippen molar-refractivity contribution in [3.05, 3.63) is 11.4 Å². The minimum absolute atomic E-state index is 0.0155. The normalized spacial score (nSPS) is 25.3. The first-order chi connectivity index (χ1) is 8.22. The Bertz CT molecular complexity index is 319. The van der Waals surface area contributed by atoms with Gasteiger partial charge in [-0.25, -0.2) is 4.39 Å². The van der Waals surface area contributed by atoms with Crippen LogP contribution in [0.3, 0.4) is 0 Å². The van der Waals surface area contributed by atoms with Crippen LogP contribution < -0.4 is 0 Å². The van der Waals surface area contributed by atoms with Gasteiger partial charge in [0.05, 0.1) is 13.7 Å². The topological polar surface area (TPSA) is 29.5 Å². The van der Waals surface area contributed by atoms with E-state index in [2.05, 4.69) is 0 Å². The van der Waals surface area contributed by atoms with E-state index in [4.69, 9.17) is 4.74 Å². The minimum atomic E-state index is -0.243. The van der Waals surface area contributed by atoms with Gasteiger partial charge in [0.2, 0.25) is 0 Å². The van der Waals surface area contributed by atoms with Crippen molar-refractivity contribution in [2.24, 2.45) is 0 Å². The van der Waals surface area contributed by atoms with Crippen molar-refractivity contribution < 1.29 is 13.9 Å². The summed E-state index contributed by atoms with van der Waals surface area (Å²) in [7, 11) is 1.39. The lowest BCUT2D eigenvalue weighted by molar-refractivity contribution is -0.145. The van der Waals surface area contributed by atoms with Crippen LogP contribution in [0.25, 0.3) is 0 Å². The molecule has 0 bridgehead atoms. The largest absolute Gasteiger partial charge is 0.468 e. The molecular weight excluding hydrogens is 221 g/mol. The lowest BCUT2D eigenvalue weighted by Gasteiger charge is -2.21. The standard InChI is InChI=1S/C13H20FNO2/c1-17-13(16)12-7-4-8-15(12)9-11(14)10-5-2-3-6-10/h12H,2-9H2,1H3. The Hall–Kier alpha value is -0.900. The molecule has 1 saturated carbocycles. The third-order valence-electron chi connectivity index (χ3n) is 3.77. The molecule has 0 radical (unpaired) electrons. The van der Waals surface area contributed by atoms with Gasteiger partial charge in [0, 0.05) is 0 Å². The summed E-state index contributed by atoms with van der Waals surface area (Å²) < 4.78 is 18.7. The molecule has 0 spiro atoms. The summed E-state index contributed by atoms with van der Waals surface area (Å²) >= 11 is 0. The van der Waals surface area contributed by atoms with Crippen molar-refractivity contribution in [2.75, 3.05) is 20.2 Å². The van der Waals surface area contributed by atoms with Gasteiger partial charge in [-0.1, -0.05) is 0 Å². The molecule has 0 amide bonds. The zero-order valence-electron chi connectivity index (χ0n) is 10.4. The third-order valence-corrected chi connectivity index (χ3v) is 3.77. The van der Waals surface area contributed by atoms with E-state index in [1.807, 2.05) is 4.90 Å². The Morgan fingerprint density at radius 2 is 2.12 bits per heavy atom. The molecule has 0 aromatic heterocycles. The van der Waals surface area contributed by atoms with E-state index < -0.39 is 0 Å². The minimum Gasteiger partial charge on any atom is -0.468 e. The zero-order chi connectivity index (χ0) is 12.3. The number of hydrogen-bond donors (Lipinski definition) is 0. The van der Waals surface area contributed by atoms with E-state index in [1.165, 1.54) is 7.11 Å². The molecule has 4 heteroatoms. The second-order valence-electron chi connectivity index (χ2n) is 4.87. The van der Waals surface area contributed by atoms with E-state index >= 15 is 0 Å². The van der Waals surface area contributed by atoms with Gasteiger partial charge in [-0.05, 0) is 50.6 Å². The summed E-state index contributed by atoms with van der Waals surface area (Å²) in [4.78, 5) is 13.4. The van der Waals surface area contributed by atoms with E-state index in [1.54, 1.807) is 0 Å². The summed E-state index contributed by atoms with van der Waals surface area (Å²) in [6.45, 7) is 1.08. The van der Waals surface area contributed by atoms with Crippen LogP contribution in [0, 0.1) is 0 Å². The van der Waals surface area contributed by atoms with Crippen molar-refractivity contribution >= 4 is 5.97 Å². The van der Waals surface area contributed by atoms with Crippen molar-refractivity contribution in [3.63, 3.8) is 0 Å². The van der Waals surface area contributed by atoms with Crippen LogP contribution >= 0.6 is 0 Å². The van der Waals surface area contributed by atoms with Gasteiger partial charge in [-0.15, -0.1) is 0 Å². The van der Waals surface area contributed by atoms with Crippen molar-refractivity contribution in [3.8, 4) is 0 Å². The molecule has 1 atom stereocenters. The highest BCUT2D eigenvalue weighted by atomic mass is 19.1. The number of carbonyl (C=O) groups excluding carboxylic acids is 1. The maximum Gasteiger partial charge on any atom is 0.323 e. The average molecular weight is 241 g/mol. The van der Waals surface area contributed by atoms with Gasteiger partial charge in [0.1, 0.15) is 11.9 Å². The summed E-state index contributed by atoms with van der Waals surface area (Å²) in [6.07, 6.45) is 5.72. The van der Waals surface area contributed by atoms with E-state index in [0.29, 0.717) is 0 Å². The van der Waals surface area contributed by atoms with Gasteiger partial charge in [0.15, 0.2) is 0 Å². The molecule has 0 N–H and O–H groups in total. The van der Waals surface area contributed by atoms with Crippen LogP contribution in [0.5, 0.6) is 0 Å². The molecule has 0 aromatic carbocycles. The lowest BCUT2D eigenvalue weighted by atomic mass is 10.2. The Balaban J connectivity index is 1.97. The van der Waals surface area contributed by atoms with Gasteiger partial charge in [-0.3, -0.25) is 9.69 Å². The predicted molar refractivity (Wildman–Crippen MR) is 63.2 cm³/mol. The monoisotopic (exact) mass is 241 g/mol. The van der Waals surface area contributed by atoms with E-state index in [-0.39, 0.29) is 24.4 Å². The number of halogens is 1. The van der Waals surface area contributed by atoms with Crippen LogP contribution in [0.4, 0.5) is 4.39 Å². The van der Waals surface area contributed by atoms with Gasteiger partial charge < -0.3 is 4.74 Å². The lowest BCUT2D eigenvalue weighted by Crippen LogP contribution is -2.37. The smallest absolute Gasteiger partial charge is 0.323 e. The van der Waals surface area contributed by atoms with Gasteiger partial charge >= 0.3 is 5.97 Å². The molecule has 1 unspecified atom stereocenters. The van der Waals surface area contributed by atoms with Crippen molar-refractivity contribution in [2.45, 2.75) is 44.6 Å². The summed E-state index contributed by atoms with van der Waals surface area (Å²) in [5.74, 6) is -0.245. The quantitative estimate of drug-likeness (QED) is 0.711. The number of allylic oxidation sites excluding steroid dienone is 1. The second kappa shape index (κ2) is 5.63. The third kappa shape index (κ3) is 2.86. The van der Waals surface area contributed by atoms with Gasteiger partial charge in [-0.2, -0.15) is 0 Å². The SMILES string of the molecule is COC(=O)C1CCCN1CC(F)=C1CCCC1. The molecule has 2 rings (SSSR count). The number of rotatable bonds is 3. The Morgan fingerprint density at radius 3 is 2.76 bits per heavy atom. The predicted octanol–water partition coefficient (Wildman–Crippen LogP) is 2.42. The summed E-state index contributed by atoms with van der Waals surface area (Å²) in [6, 6.07) is -0.243. The fourth-order valence-electron chi connectivity index (χ4n) is 2.78. The maximum atomic E-state index is 14.0. The second-order valence-corrected chi connectivity index (χ2v) is 4.87. The van der Waals surface area contributed by atoms with E-state index in [0.717, 1.165) is 50.6 Å². The molecule has 0 aromatic rings. The molecule has 2 aliphatic rings. The summed E-state index contributed by atoms with van der Waals surface area (Å²) in [5, 5.41) is 0. The average Bonchev–Trinajstić information content (AvgIpc) is 2.98. The number of ether oxygens (including phenoxy) is 1. The highest BCUT2D eigenvalue weighted by Gasteiger charge is 2.32. The molecular formula is C13H20FNO2. The highest BCUT2D eigenvalue weighted by molar-refractivity contribution is 5.76. The maximum absolute atomic E-state index is 14.0. The molecule has 17 heavy (non-hydrogen) atoms. The molecule has 1 heterocycles. The Morgan fingerprint density at radius 1 is 1.41 bits per heavy atom. The number of esters is 1. The zero-order valence-corrected chi connectivity index (χ0v) is 10.4. The molecule has 1 saturated heterocycles. The first kappa shape index (κ1) is 12.6. The van der Waals surface area contributed by atoms with Crippen molar-refractivity contribution in [1.29, 1.82) is 0 Å². The van der Waals surface area contributed by atoms with Crippen molar-refractivity contribution in [1.82, 2.24) is 4.90 Å². The molecule has 1 aliphatic heterocycles. The highest BCUT2D eigenvalue weighted by Crippen LogP contribution is 2.29. The fraction of sp³-hybridized carbons (Fsp3) is 0.769. The summed E-state index contributed by atoms with van der Waals surface area (Å²) in [5.41, 5.74) is 0.959. The number of methoxy groups -OCH3 is 1. The fourth-order valence-corrected chi connectivity index (χ4v) is 2.78. The Labute approximate surface area is 102 Å². The van der Waals surface area contributed by atoms with Crippen LogP contribution in [-0.4, -0.2) is 37.1 Å². The van der Waals surface area contributed by atoms with E-state index in [9.17, 15) is 9.18 Å². The molecule has 2 fully saturated rings.